The Kier molecular flexibility index (Phi) is 2.82. The lowest BCUT2D eigenvalue weighted by Gasteiger charge is -2.10. The molecule has 4 nitrogen and oxygen atoms in total. The molecule has 1 fully saturated rings. The molecule has 1 N–H and O–H groups in total. The van der Waals surface area contributed by atoms with Gasteiger partial charge in [-0.1, -0.05) is 0 Å². The molecule has 1 saturated heterocycles. The Balaban J connectivity index is 2.25. The van der Waals surface area contributed by atoms with Crippen molar-refractivity contribution in [2.24, 2.45) is 0 Å². The van der Waals surface area contributed by atoms with Crippen LogP contribution in [-0.2, 0) is 4.74 Å². The fraction of sp³-hybridized carbons (Fsp3) is 0.800. The van der Waals surface area contributed by atoms with E-state index in [2.05, 4.69) is 5.32 Å². The van der Waals surface area contributed by atoms with Crippen LogP contribution in [0.15, 0.2) is 0 Å². The highest BCUT2D eigenvalue weighted by Gasteiger charge is 2.18. The maximum absolute atomic E-state index is 10.9. The quantitative estimate of drug-likeness (QED) is 0.574. The van der Waals surface area contributed by atoms with Gasteiger partial charge in [0.15, 0.2) is 0 Å². The Labute approximate surface area is 64.0 Å². The maximum atomic E-state index is 10.9. The zero-order valence-corrected chi connectivity index (χ0v) is 6.61. The van der Waals surface area contributed by atoms with Crippen molar-refractivity contribution in [3.63, 3.8) is 0 Å². The molecule has 5 heteroatoms. The Bertz CT molecular complexity index is 125. The van der Waals surface area contributed by atoms with Crippen LogP contribution in [0, 0.1) is 0 Å². The highest BCUT2D eigenvalue weighted by atomic mass is 32.2. The number of ether oxygens (including phenoxy) is 1. The predicted molar refractivity (Wildman–Crippen MR) is 39.3 cm³/mol. The number of carbonyl (C=O) groups is 1. The van der Waals surface area contributed by atoms with Gasteiger partial charge in [0.2, 0.25) is 0 Å². The average Bonchev–Trinajstić information content (AvgIpc) is 2.38. The first-order chi connectivity index (χ1) is 4.84. The van der Waals surface area contributed by atoms with E-state index < -0.39 is 0 Å². The number of nitrogens with zero attached hydrogens (tertiary/aromatic N) is 1. The summed E-state index contributed by atoms with van der Waals surface area (Å²) in [4.78, 5) is 10.9. The van der Waals surface area contributed by atoms with Crippen LogP contribution >= 0.6 is 11.9 Å². The van der Waals surface area contributed by atoms with E-state index >= 15 is 0 Å². The van der Waals surface area contributed by atoms with Gasteiger partial charge in [0.1, 0.15) is 0 Å². The second kappa shape index (κ2) is 3.68. The summed E-state index contributed by atoms with van der Waals surface area (Å²) in [5, 5.41) is 3.00. The molecule has 0 spiro atoms. The topological polar surface area (TPSA) is 41.6 Å². The summed E-state index contributed by atoms with van der Waals surface area (Å²) >= 11 is 1.44. The second-order valence-electron chi connectivity index (χ2n) is 1.76. The molecule has 58 valence electrons. The summed E-state index contributed by atoms with van der Waals surface area (Å²) in [5.74, 6) is 0.790. The molecule has 1 heterocycles. The molecule has 0 radical (unpaired) electrons. The first kappa shape index (κ1) is 7.68. The van der Waals surface area contributed by atoms with Gasteiger partial charge >= 0.3 is 6.09 Å². The van der Waals surface area contributed by atoms with Crippen LogP contribution in [-0.4, -0.2) is 29.6 Å². The van der Waals surface area contributed by atoms with Gasteiger partial charge in [-0.25, -0.2) is 9.10 Å². The molecular weight excluding hydrogens is 152 g/mol. The number of nitrogens with one attached hydrogen (secondary N) is 1. The summed E-state index contributed by atoms with van der Waals surface area (Å²) < 4.78 is 6.31. The third-order valence-corrected chi connectivity index (χ3v) is 1.97. The maximum Gasteiger partial charge on any atom is 0.421 e. The number of amides is 1. The summed E-state index contributed by atoms with van der Waals surface area (Å²) in [6.07, 6.45) is -0.252. The molecule has 1 rings (SSSR count). The highest BCUT2D eigenvalue weighted by Crippen LogP contribution is 2.13. The van der Waals surface area contributed by atoms with Crippen molar-refractivity contribution in [3.05, 3.63) is 0 Å². The van der Waals surface area contributed by atoms with Gasteiger partial charge in [0.25, 0.3) is 0 Å². The van der Waals surface area contributed by atoms with Crippen molar-refractivity contribution >= 4 is 18.0 Å². The van der Waals surface area contributed by atoms with Crippen LogP contribution in [0.2, 0.25) is 0 Å². The number of hydrogen-bond acceptors (Lipinski definition) is 4. The van der Waals surface area contributed by atoms with Crippen LogP contribution in [0.1, 0.15) is 6.92 Å². The van der Waals surface area contributed by atoms with Crippen molar-refractivity contribution < 1.29 is 9.53 Å². The number of hydrogen-bond donors (Lipinski definition) is 1. The summed E-state index contributed by atoms with van der Waals surface area (Å²) in [6, 6.07) is 0. The van der Waals surface area contributed by atoms with Gasteiger partial charge in [-0.3, -0.25) is 5.32 Å². The van der Waals surface area contributed by atoms with Crippen molar-refractivity contribution in [3.8, 4) is 0 Å². The minimum absolute atomic E-state index is 0.252. The van der Waals surface area contributed by atoms with E-state index in [-0.39, 0.29) is 6.09 Å². The largest absolute Gasteiger partial charge is 0.449 e. The minimum Gasteiger partial charge on any atom is -0.449 e. The molecule has 0 aliphatic carbocycles. The lowest BCUT2D eigenvalue weighted by molar-refractivity contribution is 0.134. The zero-order valence-electron chi connectivity index (χ0n) is 5.79. The Morgan fingerprint density at radius 2 is 2.70 bits per heavy atom. The van der Waals surface area contributed by atoms with Gasteiger partial charge in [-0.15, -0.1) is 0 Å². The normalized spacial score (nSPS) is 17.5. The fourth-order valence-electron chi connectivity index (χ4n) is 0.629. The van der Waals surface area contributed by atoms with Crippen molar-refractivity contribution in [1.29, 1.82) is 0 Å². The smallest absolute Gasteiger partial charge is 0.421 e. The molecule has 1 aliphatic heterocycles. The Hall–Kier alpha value is -0.420. The number of rotatable bonds is 1. The van der Waals surface area contributed by atoms with Crippen molar-refractivity contribution in [1.82, 2.24) is 9.62 Å². The predicted octanol–water partition coefficient (Wildman–Crippen LogP) is 0.611. The van der Waals surface area contributed by atoms with E-state index in [0.717, 1.165) is 5.88 Å². The number of carbonyl (C=O) groups excluding carboxylic acids is 1. The van der Waals surface area contributed by atoms with E-state index in [1.807, 2.05) is 0 Å². The van der Waals surface area contributed by atoms with Crippen LogP contribution in [0.5, 0.6) is 0 Å². The van der Waals surface area contributed by atoms with E-state index in [4.69, 9.17) is 4.74 Å². The zero-order chi connectivity index (χ0) is 7.40. The first-order valence-electron chi connectivity index (χ1n) is 3.12. The average molecular weight is 162 g/mol. The molecule has 0 aromatic rings. The first-order valence-corrected chi connectivity index (χ1v) is 4.06. The van der Waals surface area contributed by atoms with Crippen LogP contribution < -0.4 is 5.32 Å². The molecule has 0 bridgehead atoms. The van der Waals surface area contributed by atoms with Crippen molar-refractivity contribution in [2.75, 3.05) is 19.2 Å². The van der Waals surface area contributed by atoms with E-state index in [0.29, 0.717) is 13.3 Å². The second-order valence-corrected chi connectivity index (χ2v) is 2.75. The Morgan fingerprint density at radius 3 is 3.20 bits per heavy atom. The molecule has 0 atom stereocenters. The molecule has 10 heavy (non-hydrogen) atoms. The van der Waals surface area contributed by atoms with Gasteiger partial charge in [0.05, 0.1) is 19.2 Å². The summed E-state index contributed by atoms with van der Waals surface area (Å²) in [5.41, 5.74) is 0. The van der Waals surface area contributed by atoms with Gasteiger partial charge < -0.3 is 4.74 Å². The molecule has 0 unspecified atom stereocenters. The summed E-state index contributed by atoms with van der Waals surface area (Å²) in [7, 11) is 0. The van der Waals surface area contributed by atoms with Crippen LogP contribution in [0.25, 0.3) is 0 Å². The third-order valence-electron chi connectivity index (χ3n) is 1.05. The van der Waals surface area contributed by atoms with Gasteiger partial charge in [0, 0.05) is 0 Å². The van der Waals surface area contributed by atoms with Crippen LogP contribution in [0.3, 0.4) is 0 Å². The Morgan fingerprint density at radius 1 is 1.90 bits per heavy atom. The standard InChI is InChI=1S/C5H10N2O2S/c1-2-9-5(8)7-3-6-4-10-7/h6H,2-4H2,1H3. The molecular formula is C5H10N2O2S. The summed E-state index contributed by atoms with van der Waals surface area (Å²) in [6.45, 7) is 2.82. The van der Waals surface area contributed by atoms with Gasteiger partial charge in [-0.05, 0) is 18.9 Å². The molecule has 1 aliphatic rings. The van der Waals surface area contributed by atoms with Crippen molar-refractivity contribution in [2.45, 2.75) is 6.92 Å². The lowest BCUT2D eigenvalue weighted by atomic mass is 10.8. The SMILES string of the molecule is CCOC(=O)N1CNCS1. The third kappa shape index (κ3) is 1.78. The van der Waals surface area contributed by atoms with Gasteiger partial charge in [-0.2, -0.15) is 0 Å². The minimum atomic E-state index is -0.252. The lowest BCUT2D eigenvalue weighted by Crippen LogP contribution is -2.25. The molecule has 0 aromatic carbocycles. The fourth-order valence-corrected chi connectivity index (χ4v) is 1.31. The van der Waals surface area contributed by atoms with E-state index in [1.54, 1.807) is 11.2 Å². The van der Waals surface area contributed by atoms with Crippen LogP contribution in [0.4, 0.5) is 4.79 Å². The van der Waals surface area contributed by atoms with E-state index in [9.17, 15) is 4.79 Å². The molecule has 1 amide bonds. The molecule has 0 saturated carbocycles. The monoisotopic (exact) mass is 162 g/mol. The highest BCUT2D eigenvalue weighted by molar-refractivity contribution is 7.97. The van der Waals surface area contributed by atoms with E-state index in [1.165, 1.54) is 11.9 Å². The molecule has 0 aromatic heterocycles.